The minimum Gasteiger partial charge on any atom is -0.328 e. The zero-order valence-electron chi connectivity index (χ0n) is 9.81. The summed E-state index contributed by atoms with van der Waals surface area (Å²) in [6.07, 6.45) is 1.23. The molecule has 3 nitrogen and oxygen atoms in total. The van der Waals surface area contributed by atoms with E-state index in [0.29, 0.717) is 17.7 Å². The fourth-order valence-electron chi connectivity index (χ4n) is 1.70. The van der Waals surface area contributed by atoms with E-state index < -0.39 is 9.84 Å². The highest BCUT2D eigenvalue weighted by Gasteiger charge is 2.17. The molecule has 1 aromatic rings. The summed E-state index contributed by atoms with van der Waals surface area (Å²) in [7, 11) is -3.14. The molecular weight excluding hydrogens is 222 g/mol. The van der Waals surface area contributed by atoms with Crippen molar-refractivity contribution in [3.63, 3.8) is 0 Å². The van der Waals surface area contributed by atoms with Crippen LogP contribution in [0.15, 0.2) is 29.2 Å². The number of rotatable bonds is 5. The molecule has 0 saturated carbocycles. The molecule has 0 aliphatic rings. The highest BCUT2D eigenvalue weighted by molar-refractivity contribution is 7.91. The van der Waals surface area contributed by atoms with E-state index in [4.69, 9.17) is 5.73 Å². The Morgan fingerprint density at radius 3 is 2.50 bits per heavy atom. The molecule has 1 aromatic carbocycles. The lowest BCUT2D eigenvalue weighted by molar-refractivity contribution is 0.592. The Hall–Kier alpha value is -0.870. The number of hydrogen-bond acceptors (Lipinski definition) is 3. The maximum Gasteiger partial charge on any atom is 0.178 e. The van der Waals surface area contributed by atoms with E-state index in [-0.39, 0.29) is 11.8 Å². The molecular formula is C12H19NO2S. The van der Waals surface area contributed by atoms with Crippen molar-refractivity contribution in [2.75, 3.05) is 5.75 Å². The van der Waals surface area contributed by atoms with E-state index in [9.17, 15) is 8.42 Å². The van der Waals surface area contributed by atoms with Gasteiger partial charge in [-0.25, -0.2) is 8.42 Å². The lowest BCUT2D eigenvalue weighted by atomic mass is 10.1. The molecule has 0 bridgehead atoms. The first kappa shape index (κ1) is 13.2. The van der Waals surface area contributed by atoms with Crippen LogP contribution in [0.25, 0.3) is 0 Å². The minimum atomic E-state index is -3.14. The molecule has 90 valence electrons. The van der Waals surface area contributed by atoms with Crippen LogP contribution in [0.2, 0.25) is 0 Å². The summed E-state index contributed by atoms with van der Waals surface area (Å²) in [5, 5.41) is 0. The molecule has 4 heteroatoms. The summed E-state index contributed by atoms with van der Waals surface area (Å²) in [6, 6.07) is 7.09. The molecule has 0 aliphatic heterocycles. The number of nitrogens with two attached hydrogens (primary N) is 1. The molecule has 0 aliphatic carbocycles. The fourth-order valence-corrected chi connectivity index (χ4v) is 3.30. The average molecular weight is 241 g/mol. The summed E-state index contributed by atoms with van der Waals surface area (Å²) >= 11 is 0. The van der Waals surface area contributed by atoms with Gasteiger partial charge in [-0.3, -0.25) is 0 Å². The number of hydrogen-bond donors (Lipinski definition) is 1. The summed E-state index contributed by atoms with van der Waals surface area (Å²) in [5.41, 5.74) is 6.54. The van der Waals surface area contributed by atoms with Gasteiger partial charge in [0, 0.05) is 6.04 Å². The molecule has 0 amide bonds. The van der Waals surface area contributed by atoms with Crippen molar-refractivity contribution in [3.8, 4) is 0 Å². The number of sulfone groups is 1. The predicted octanol–water partition coefficient (Wildman–Crippen LogP) is 1.76. The first-order valence-electron chi connectivity index (χ1n) is 5.53. The van der Waals surface area contributed by atoms with Crippen LogP contribution in [0.1, 0.15) is 25.8 Å². The van der Waals surface area contributed by atoms with Crippen LogP contribution in [0.3, 0.4) is 0 Å². The smallest absolute Gasteiger partial charge is 0.178 e. The zero-order chi connectivity index (χ0) is 12.2. The number of benzene rings is 1. The van der Waals surface area contributed by atoms with Gasteiger partial charge in [-0.05, 0) is 31.4 Å². The van der Waals surface area contributed by atoms with Crippen LogP contribution >= 0.6 is 0 Å². The molecule has 1 atom stereocenters. The van der Waals surface area contributed by atoms with Gasteiger partial charge in [0.25, 0.3) is 0 Å². The summed E-state index contributed by atoms with van der Waals surface area (Å²) < 4.78 is 24.0. The molecule has 2 N–H and O–H groups in total. The highest BCUT2D eigenvalue weighted by atomic mass is 32.2. The van der Waals surface area contributed by atoms with Gasteiger partial charge in [-0.2, -0.15) is 0 Å². The van der Waals surface area contributed by atoms with Crippen molar-refractivity contribution in [2.24, 2.45) is 5.73 Å². The predicted molar refractivity (Wildman–Crippen MR) is 66.1 cm³/mol. The molecule has 0 radical (unpaired) electrons. The van der Waals surface area contributed by atoms with E-state index in [0.717, 1.165) is 5.56 Å². The Kier molecular flexibility index (Phi) is 4.50. The van der Waals surface area contributed by atoms with Gasteiger partial charge in [0.15, 0.2) is 9.84 Å². The Morgan fingerprint density at radius 1 is 1.31 bits per heavy atom. The quantitative estimate of drug-likeness (QED) is 0.854. The first-order valence-corrected chi connectivity index (χ1v) is 7.19. The highest BCUT2D eigenvalue weighted by Crippen LogP contribution is 2.18. The summed E-state index contributed by atoms with van der Waals surface area (Å²) in [6.45, 7) is 3.74. The molecule has 1 unspecified atom stereocenters. The van der Waals surface area contributed by atoms with Crippen LogP contribution in [-0.2, 0) is 16.3 Å². The fraction of sp³-hybridized carbons (Fsp3) is 0.500. The third-order valence-electron chi connectivity index (χ3n) is 2.32. The standard InChI is InChI=1S/C12H19NO2S/c1-3-8-16(14,15)12-7-5-4-6-11(12)9-10(2)13/h4-7,10H,3,8-9,13H2,1-2H3. The lowest BCUT2D eigenvalue weighted by Gasteiger charge is -2.11. The first-order chi connectivity index (χ1) is 7.47. The van der Waals surface area contributed by atoms with Crippen LogP contribution in [0.4, 0.5) is 0 Å². The molecule has 0 fully saturated rings. The van der Waals surface area contributed by atoms with Gasteiger partial charge >= 0.3 is 0 Å². The molecule has 0 heterocycles. The Bertz CT molecular complexity index is 438. The van der Waals surface area contributed by atoms with Crippen LogP contribution in [0, 0.1) is 0 Å². The van der Waals surface area contributed by atoms with Gasteiger partial charge in [-0.15, -0.1) is 0 Å². The van der Waals surface area contributed by atoms with Crippen molar-refractivity contribution >= 4 is 9.84 Å². The van der Waals surface area contributed by atoms with E-state index in [1.165, 1.54) is 0 Å². The average Bonchev–Trinajstić information content (AvgIpc) is 2.17. The van der Waals surface area contributed by atoms with Gasteiger partial charge in [0.1, 0.15) is 0 Å². The summed E-state index contributed by atoms with van der Waals surface area (Å²) in [5.74, 6) is 0.197. The second kappa shape index (κ2) is 5.46. The van der Waals surface area contributed by atoms with Gasteiger partial charge in [0.2, 0.25) is 0 Å². The van der Waals surface area contributed by atoms with Crippen molar-refractivity contribution in [1.82, 2.24) is 0 Å². The second-order valence-corrected chi connectivity index (χ2v) is 6.19. The zero-order valence-corrected chi connectivity index (χ0v) is 10.6. The normalized spacial score (nSPS) is 13.7. The van der Waals surface area contributed by atoms with Crippen LogP contribution < -0.4 is 5.73 Å². The Labute approximate surface area is 97.6 Å². The van der Waals surface area contributed by atoms with E-state index in [1.54, 1.807) is 12.1 Å². The van der Waals surface area contributed by atoms with Crippen molar-refractivity contribution in [2.45, 2.75) is 37.6 Å². The maximum absolute atomic E-state index is 12.0. The van der Waals surface area contributed by atoms with Gasteiger partial charge < -0.3 is 5.73 Å². The van der Waals surface area contributed by atoms with Crippen LogP contribution in [-0.4, -0.2) is 20.2 Å². The second-order valence-electron chi connectivity index (χ2n) is 4.11. The van der Waals surface area contributed by atoms with Crippen LogP contribution in [0.5, 0.6) is 0 Å². The van der Waals surface area contributed by atoms with E-state index in [1.807, 2.05) is 26.0 Å². The topological polar surface area (TPSA) is 60.2 Å². The molecule has 16 heavy (non-hydrogen) atoms. The maximum atomic E-state index is 12.0. The van der Waals surface area contributed by atoms with Crippen molar-refractivity contribution in [3.05, 3.63) is 29.8 Å². The van der Waals surface area contributed by atoms with Crippen molar-refractivity contribution in [1.29, 1.82) is 0 Å². The third kappa shape index (κ3) is 3.32. The van der Waals surface area contributed by atoms with E-state index >= 15 is 0 Å². The Morgan fingerprint density at radius 2 is 1.94 bits per heavy atom. The molecule has 0 aromatic heterocycles. The molecule has 1 rings (SSSR count). The van der Waals surface area contributed by atoms with Gasteiger partial charge in [0.05, 0.1) is 10.6 Å². The third-order valence-corrected chi connectivity index (χ3v) is 4.34. The largest absolute Gasteiger partial charge is 0.328 e. The molecule has 0 saturated heterocycles. The summed E-state index contributed by atoms with van der Waals surface area (Å²) in [4.78, 5) is 0.439. The minimum absolute atomic E-state index is 0.0297. The lowest BCUT2D eigenvalue weighted by Crippen LogP contribution is -2.20. The molecule has 0 spiro atoms. The van der Waals surface area contributed by atoms with Gasteiger partial charge in [-0.1, -0.05) is 25.1 Å². The SMILES string of the molecule is CCCS(=O)(=O)c1ccccc1CC(C)N. The Balaban J connectivity index is 3.13. The van der Waals surface area contributed by atoms with Crippen molar-refractivity contribution < 1.29 is 8.42 Å². The monoisotopic (exact) mass is 241 g/mol. The van der Waals surface area contributed by atoms with E-state index in [2.05, 4.69) is 0 Å².